The van der Waals surface area contributed by atoms with Gasteiger partial charge >= 0.3 is 5.97 Å². The normalized spacial score (nSPS) is 32.4. The standard InChI is InChI=1S/C30H28N2O6/c1-2-37-19-8-6-17(7-9-19)31-15-16(12-25(31)33)30(36)38-20-5-3-4-18(13-20)32-28(34)26-21-10-11-22(24-14-23(21)24)27(26)29(32)35/h3-11,13,16,21-24,26-27H,2,12,14-15H2,1H3/t16-,21+,22+,23+,24+,26-,27-/m0/s1. The highest BCUT2D eigenvalue weighted by molar-refractivity contribution is 6.22. The summed E-state index contributed by atoms with van der Waals surface area (Å²) in [5.74, 6) is 0.166. The van der Waals surface area contributed by atoms with Gasteiger partial charge in [0.2, 0.25) is 17.7 Å². The van der Waals surface area contributed by atoms with Crippen LogP contribution in [0.2, 0.25) is 0 Å². The van der Waals surface area contributed by atoms with Gasteiger partial charge < -0.3 is 14.4 Å². The van der Waals surface area contributed by atoms with Gasteiger partial charge in [-0.2, -0.15) is 0 Å². The molecule has 2 heterocycles. The lowest BCUT2D eigenvalue weighted by Gasteiger charge is -2.37. The highest BCUT2D eigenvalue weighted by atomic mass is 16.5. The van der Waals surface area contributed by atoms with Crippen LogP contribution >= 0.6 is 0 Å². The number of amides is 3. The van der Waals surface area contributed by atoms with Gasteiger partial charge in [-0.3, -0.25) is 19.2 Å². The van der Waals surface area contributed by atoms with Crippen LogP contribution in [0, 0.1) is 41.4 Å². The molecule has 2 aliphatic heterocycles. The first kappa shape index (κ1) is 23.2. The van der Waals surface area contributed by atoms with Crippen molar-refractivity contribution in [1.29, 1.82) is 0 Å². The van der Waals surface area contributed by atoms with E-state index in [2.05, 4.69) is 12.2 Å². The maximum Gasteiger partial charge on any atom is 0.316 e. The summed E-state index contributed by atoms with van der Waals surface area (Å²) in [5.41, 5.74) is 1.12. The molecule has 2 bridgehead atoms. The molecular weight excluding hydrogens is 484 g/mol. The van der Waals surface area contributed by atoms with Crippen LogP contribution in [-0.4, -0.2) is 36.8 Å². The predicted molar refractivity (Wildman–Crippen MR) is 137 cm³/mol. The lowest BCUT2D eigenvalue weighted by atomic mass is 9.63. The Kier molecular flexibility index (Phi) is 5.22. The van der Waals surface area contributed by atoms with Crippen LogP contribution in [0.3, 0.4) is 0 Å². The summed E-state index contributed by atoms with van der Waals surface area (Å²) in [5, 5.41) is 0. The van der Waals surface area contributed by atoms with Crippen molar-refractivity contribution >= 4 is 35.1 Å². The van der Waals surface area contributed by atoms with Gasteiger partial charge in [-0.15, -0.1) is 0 Å². The minimum atomic E-state index is -0.621. The van der Waals surface area contributed by atoms with Gasteiger partial charge in [0.25, 0.3) is 0 Å². The molecule has 2 saturated carbocycles. The van der Waals surface area contributed by atoms with Gasteiger partial charge in [0.1, 0.15) is 11.5 Å². The second-order valence-electron chi connectivity index (χ2n) is 10.9. The lowest BCUT2D eigenvalue weighted by Crippen LogP contribution is -2.40. The number of imide groups is 1. The molecule has 8 heteroatoms. The Balaban J connectivity index is 1.05. The molecule has 8 rings (SSSR count). The van der Waals surface area contributed by atoms with E-state index >= 15 is 0 Å². The molecule has 4 fully saturated rings. The van der Waals surface area contributed by atoms with Crippen LogP contribution in [-0.2, 0) is 19.2 Å². The van der Waals surface area contributed by atoms with Crippen LogP contribution in [0.4, 0.5) is 11.4 Å². The number of esters is 1. The van der Waals surface area contributed by atoms with Gasteiger partial charge in [0.05, 0.1) is 30.0 Å². The van der Waals surface area contributed by atoms with E-state index in [9.17, 15) is 19.2 Å². The first-order valence-electron chi connectivity index (χ1n) is 13.4. The van der Waals surface area contributed by atoms with Crippen LogP contribution < -0.4 is 19.3 Å². The third-order valence-corrected chi connectivity index (χ3v) is 8.87. The van der Waals surface area contributed by atoms with Crippen molar-refractivity contribution in [3.63, 3.8) is 0 Å². The first-order valence-corrected chi connectivity index (χ1v) is 13.4. The molecule has 6 aliphatic rings. The topological polar surface area (TPSA) is 93.2 Å². The molecule has 7 atom stereocenters. The van der Waals surface area contributed by atoms with E-state index < -0.39 is 11.9 Å². The van der Waals surface area contributed by atoms with Gasteiger partial charge in [-0.25, -0.2) is 4.90 Å². The number of benzene rings is 2. The van der Waals surface area contributed by atoms with Crippen molar-refractivity contribution < 1.29 is 28.7 Å². The number of ether oxygens (including phenoxy) is 2. The highest BCUT2D eigenvalue weighted by Crippen LogP contribution is 2.65. The SMILES string of the molecule is CCOc1ccc(N2C[C@@H](C(=O)Oc3cccc(N4C(=O)[C@H]5[C@@H]6C=C[C@H]([C@H]7C[C@H]67)[C@@H]5C4=O)c3)CC2=O)cc1. The highest BCUT2D eigenvalue weighted by Gasteiger charge is 2.67. The summed E-state index contributed by atoms with van der Waals surface area (Å²) in [6.45, 7) is 2.67. The molecule has 2 saturated heterocycles. The fraction of sp³-hybridized carbons (Fsp3) is 0.400. The molecular formula is C30H28N2O6. The van der Waals surface area contributed by atoms with Gasteiger partial charge in [0.15, 0.2) is 0 Å². The summed E-state index contributed by atoms with van der Waals surface area (Å²) in [4.78, 5) is 55.4. The predicted octanol–water partition coefficient (Wildman–Crippen LogP) is 3.60. The molecule has 0 unspecified atom stereocenters. The molecule has 0 N–H and O–H groups in total. The maximum absolute atomic E-state index is 13.4. The van der Waals surface area contributed by atoms with Gasteiger partial charge in [0, 0.05) is 24.7 Å². The zero-order valence-corrected chi connectivity index (χ0v) is 21.0. The minimum absolute atomic E-state index is 0.0519. The van der Waals surface area contributed by atoms with E-state index in [1.807, 2.05) is 6.92 Å². The van der Waals surface area contributed by atoms with Crippen molar-refractivity contribution in [3.05, 3.63) is 60.7 Å². The Morgan fingerprint density at radius 3 is 2.24 bits per heavy atom. The Labute approximate surface area is 220 Å². The van der Waals surface area contributed by atoms with E-state index in [0.29, 0.717) is 35.6 Å². The molecule has 8 nitrogen and oxygen atoms in total. The van der Waals surface area contributed by atoms with E-state index in [4.69, 9.17) is 9.47 Å². The number of hydrogen-bond donors (Lipinski definition) is 0. The monoisotopic (exact) mass is 512 g/mol. The Hall–Kier alpha value is -3.94. The first-order chi connectivity index (χ1) is 18.4. The van der Waals surface area contributed by atoms with Crippen LogP contribution in [0.5, 0.6) is 11.5 Å². The minimum Gasteiger partial charge on any atom is -0.494 e. The lowest BCUT2D eigenvalue weighted by molar-refractivity contribution is -0.139. The van der Waals surface area contributed by atoms with Crippen molar-refractivity contribution in [2.24, 2.45) is 41.4 Å². The third kappa shape index (κ3) is 3.50. The van der Waals surface area contributed by atoms with E-state index in [0.717, 1.165) is 6.42 Å². The van der Waals surface area contributed by atoms with Crippen LogP contribution in [0.25, 0.3) is 0 Å². The number of carbonyl (C=O) groups is 4. The third-order valence-electron chi connectivity index (χ3n) is 8.87. The summed E-state index contributed by atoms with van der Waals surface area (Å²) in [7, 11) is 0. The average molecular weight is 513 g/mol. The fourth-order valence-electron chi connectivity index (χ4n) is 7.10. The quantitative estimate of drug-likeness (QED) is 0.254. The second kappa shape index (κ2) is 8.55. The molecule has 0 spiro atoms. The molecule has 0 aromatic heterocycles. The largest absolute Gasteiger partial charge is 0.494 e. The van der Waals surface area contributed by atoms with Crippen molar-refractivity contribution in [2.75, 3.05) is 23.0 Å². The van der Waals surface area contributed by atoms with Crippen molar-refractivity contribution in [2.45, 2.75) is 19.8 Å². The smallest absolute Gasteiger partial charge is 0.316 e. The maximum atomic E-state index is 13.4. The van der Waals surface area contributed by atoms with Gasteiger partial charge in [-0.05, 0) is 73.4 Å². The zero-order chi connectivity index (χ0) is 26.1. The van der Waals surface area contributed by atoms with Crippen molar-refractivity contribution in [3.8, 4) is 11.5 Å². The fourth-order valence-corrected chi connectivity index (χ4v) is 7.10. The number of hydrogen-bond acceptors (Lipinski definition) is 6. The molecule has 2 aromatic rings. The molecule has 3 amide bonds. The second-order valence-corrected chi connectivity index (χ2v) is 10.9. The number of nitrogens with zero attached hydrogens (tertiary/aromatic N) is 2. The Morgan fingerprint density at radius 1 is 0.895 bits per heavy atom. The van der Waals surface area contributed by atoms with Crippen molar-refractivity contribution in [1.82, 2.24) is 0 Å². The summed E-state index contributed by atoms with van der Waals surface area (Å²) >= 11 is 0. The van der Waals surface area contributed by atoms with E-state index in [1.54, 1.807) is 53.4 Å². The summed E-state index contributed by atoms with van der Waals surface area (Å²) in [6, 6.07) is 13.8. The Morgan fingerprint density at radius 2 is 1.58 bits per heavy atom. The summed E-state index contributed by atoms with van der Waals surface area (Å²) < 4.78 is 11.1. The van der Waals surface area contributed by atoms with E-state index in [1.165, 1.54) is 4.90 Å². The molecule has 2 aromatic carbocycles. The number of allylic oxidation sites excluding steroid dienone is 2. The summed E-state index contributed by atoms with van der Waals surface area (Å²) in [6.07, 6.45) is 5.45. The molecule has 4 aliphatic carbocycles. The van der Waals surface area contributed by atoms with E-state index in [-0.39, 0.29) is 60.1 Å². The number of carbonyl (C=O) groups excluding carboxylic acids is 4. The molecule has 38 heavy (non-hydrogen) atoms. The Bertz CT molecular complexity index is 1350. The van der Waals surface area contributed by atoms with Crippen LogP contribution in [0.15, 0.2) is 60.7 Å². The number of anilines is 2. The van der Waals surface area contributed by atoms with Crippen LogP contribution in [0.1, 0.15) is 19.8 Å². The average Bonchev–Trinajstić information content (AvgIpc) is 3.60. The zero-order valence-electron chi connectivity index (χ0n) is 21.0. The van der Waals surface area contributed by atoms with Gasteiger partial charge in [-0.1, -0.05) is 18.2 Å². The molecule has 0 radical (unpaired) electrons. The number of rotatable bonds is 6. The molecule has 194 valence electrons.